The van der Waals surface area contributed by atoms with Crippen molar-refractivity contribution in [3.63, 3.8) is 0 Å². The van der Waals surface area contributed by atoms with Crippen molar-refractivity contribution in [1.29, 1.82) is 0 Å². The highest BCUT2D eigenvalue weighted by atomic mass is 16.3. The van der Waals surface area contributed by atoms with Gasteiger partial charge in [0.1, 0.15) is 0 Å². The summed E-state index contributed by atoms with van der Waals surface area (Å²) < 4.78 is 0. The summed E-state index contributed by atoms with van der Waals surface area (Å²) in [5, 5.41) is 8.24. The lowest BCUT2D eigenvalue weighted by Crippen LogP contribution is -2.14. The number of hydrogen-bond acceptors (Lipinski definition) is 3. The smallest absolute Gasteiger partial charge is 0.0634 e. The third-order valence-corrected chi connectivity index (χ3v) is 0.899. The third kappa shape index (κ3) is 24.8. The molecule has 0 bridgehead atoms. The third-order valence-electron chi connectivity index (χ3n) is 0.899. The standard InChI is InChI=1S/C4H11N.C3H9NO/c1-2-3-4-5;1-3(5)2-4/h2-5H2,1H3;3,5H,2,4H2,1H3. The molecule has 10 heavy (non-hydrogen) atoms. The Morgan fingerprint density at radius 1 is 1.40 bits per heavy atom. The molecule has 0 amide bonds. The zero-order valence-electron chi connectivity index (χ0n) is 7.01. The first-order valence-electron chi connectivity index (χ1n) is 3.77. The zero-order chi connectivity index (χ0) is 8.41. The zero-order valence-corrected chi connectivity index (χ0v) is 7.01. The van der Waals surface area contributed by atoms with Crippen LogP contribution >= 0.6 is 0 Å². The number of rotatable bonds is 3. The van der Waals surface area contributed by atoms with Gasteiger partial charge in [0, 0.05) is 6.54 Å². The molecule has 0 heterocycles. The van der Waals surface area contributed by atoms with Crippen molar-refractivity contribution in [3.05, 3.63) is 0 Å². The molecule has 0 aromatic rings. The molecule has 0 aromatic heterocycles. The first-order chi connectivity index (χ1) is 4.68. The fraction of sp³-hybridized carbons (Fsp3) is 1.00. The first kappa shape index (κ1) is 12.5. The summed E-state index contributed by atoms with van der Waals surface area (Å²) in [6, 6.07) is 0. The summed E-state index contributed by atoms with van der Waals surface area (Å²) in [6.07, 6.45) is 2.05. The summed E-state index contributed by atoms with van der Waals surface area (Å²) in [6.45, 7) is 4.99. The molecule has 3 nitrogen and oxygen atoms in total. The molecule has 5 N–H and O–H groups in total. The van der Waals surface area contributed by atoms with E-state index in [1.54, 1.807) is 6.92 Å². The van der Waals surface area contributed by atoms with Crippen molar-refractivity contribution in [2.45, 2.75) is 32.8 Å². The van der Waals surface area contributed by atoms with Crippen molar-refractivity contribution in [2.75, 3.05) is 13.1 Å². The number of hydrogen-bond donors (Lipinski definition) is 3. The molecule has 0 fully saturated rings. The molecule has 3 heteroatoms. The van der Waals surface area contributed by atoms with Crippen LogP contribution in [0.25, 0.3) is 0 Å². The molecular weight excluding hydrogens is 128 g/mol. The molecule has 0 saturated heterocycles. The van der Waals surface area contributed by atoms with E-state index in [1.165, 1.54) is 12.8 Å². The van der Waals surface area contributed by atoms with Crippen LogP contribution in [0.15, 0.2) is 0 Å². The van der Waals surface area contributed by atoms with Crippen molar-refractivity contribution >= 4 is 0 Å². The molecule has 1 atom stereocenters. The average molecular weight is 148 g/mol. The summed E-state index contributed by atoms with van der Waals surface area (Å²) in [7, 11) is 0. The van der Waals surface area contributed by atoms with Gasteiger partial charge < -0.3 is 16.6 Å². The largest absolute Gasteiger partial charge is 0.392 e. The van der Waals surface area contributed by atoms with E-state index in [2.05, 4.69) is 6.92 Å². The van der Waals surface area contributed by atoms with Gasteiger partial charge in [-0.15, -0.1) is 0 Å². The van der Waals surface area contributed by atoms with Gasteiger partial charge in [0.05, 0.1) is 6.10 Å². The summed E-state index contributed by atoms with van der Waals surface area (Å²) in [5.41, 5.74) is 10.1. The average Bonchev–Trinajstić information content (AvgIpc) is 1.91. The second-order valence-corrected chi connectivity index (χ2v) is 2.23. The van der Waals surface area contributed by atoms with Crippen LogP contribution in [0.2, 0.25) is 0 Å². The maximum Gasteiger partial charge on any atom is 0.0634 e. The van der Waals surface area contributed by atoms with Gasteiger partial charge in [-0.2, -0.15) is 0 Å². The number of unbranched alkanes of at least 4 members (excludes halogenated alkanes) is 1. The molecule has 0 saturated carbocycles. The Balaban J connectivity index is 0. The van der Waals surface area contributed by atoms with E-state index in [9.17, 15) is 0 Å². The molecule has 1 unspecified atom stereocenters. The second-order valence-electron chi connectivity index (χ2n) is 2.23. The van der Waals surface area contributed by atoms with E-state index in [0.717, 1.165) is 6.54 Å². The maximum absolute atomic E-state index is 8.24. The van der Waals surface area contributed by atoms with E-state index in [-0.39, 0.29) is 6.10 Å². The van der Waals surface area contributed by atoms with Crippen molar-refractivity contribution < 1.29 is 5.11 Å². The Morgan fingerprint density at radius 2 is 1.80 bits per heavy atom. The molecule has 64 valence electrons. The van der Waals surface area contributed by atoms with Gasteiger partial charge in [-0.25, -0.2) is 0 Å². The minimum absolute atomic E-state index is 0.338. The van der Waals surface area contributed by atoms with Crippen LogP contribution < -0.4 is 11.5 Å². The highest BCUT2D eigenvalue weighted by Gasteiger charge is 1.81. The van der Waals surface area contributed by atoms with E-state index in [1.807, 2.05) is 0 Å². The van der Waals surface area contributed by atoms with Crippen molar-refractivity contribution in [1.82, 2.24) is 0 Å². The van der Waals surface area contributed by atoms with Gasteiger partial charge in [-0.3, -0.25) is 0 Å². The van der Waals surface area contributed by atoms with Gasteiger partial charge in [0.2, 0.25) is 0 Å². The van der Waals surface area contributed by atoms with Gasteiger partial charge in [-0.1, -0.05) is 13.3 Å². The lowest BCUT2D eigenvalue weighted by atomic mass is 10.3. The van der Waals surface area contributed by atoms with Crippen molar-refractivity contribution in [2.24, 2.45) is 11.5 Å². The fourth-order valence-corrected chi connectivity index (χ4v) is 0.204. The van der Waals surface area contributed by atoms with Crippen LogP contribution in [0.3, 0.4) is 0 Å². The summed E-state index contributed by atoms with van der Waals surface area (Å²) in [4.78, 5) is 0. The van der Waals surface area contributed by atoms with E-state index in [4.69, 9.17) is 16.6 Å². The van der Waals surface area contributed by atoms with E-state index < -0.39 is 0 Å². The van der Waals surface area contributed by atoms with Gasteiger partial charge >= 0.3 is 0 Å². The highest BCUT2D eigenvalue weighted by Crippen LogP contribution is 1.77. The quantitative estimate of drug-likeness (QED) is 0.530. The minimum atomic E-state index is -0.338. The second kappa shape index (κ2) is 11.6. The lowest BCUT2D eigenvalue weighted by molar-refractivity contribution is 0.203. The Morgan fingerprint density at radius 3 is 1.80 bits per heavy atom. The van der Waals surface area contributed by atoms with E-state index in [0.29, 0.717) is 6.54 Å². The number of aliphatic hydroxyl groups is 1. The Bertz CT molecular complexity index is 46.9. The van der Waals surface area contributed by atoms with Crippen LogP contribution in [0, 0.1) is 0 Å². The molecule has 0 aliphatic heterocycles. The number of aliphatic hydroxyl groups excluding tert-OH is 1. The van der Waals surface area contributed by atoms with Crippen LogP contribution in [0.1, 0.15) is 26.7 Å². The SMILES string of the molecule is CC(O)CN.CCCCN. The molecule has 0 aliphatic carbocycles. The van der Waals surface area contributed by atoms with Crippen LogP contribution in [0.5, 0.6) is 0 Å². The van der Waals surface area contributed by atoms with Gasteiger partial charge in [0.15, 0.2) is 0 Å². The van der Waals surface area contributed by atoms with Crippen LogP contribution in [-0.4, -0.2) is 24.3 Å². The molecule has 0 rings (SSSR count). The first-order valence-corrected chi connectivity index (χ1v) is 3.77. The maximum atomic E-state index is 8.24. The van der Waals surface area contributed by atoms with Crippen LogP contribution in [-0.2, 0) is 0 Å². The Hall–Kier alpha value is -0.120. The minimum Gasteiger partial charge on any atom is -0.392 e. The fourth-order valence-electron chi connectivity index (χ4n) is 0.204. The summed E-state index contributed by atoms with van der Waals surface area (Å²) >= 11 is 0. The molecular formula is C7H20N2O. The Labute approximate surface area is 63.4 Å². The number of nitrogens with two attached hydrogens (primary N) is 2. The van der Waals surface area contributed by atoms with Crippen molar-refractivity contribution in [3.8, 4) is 0 Å². The van der Waals surface area contributed by atoms with Gasteiger partial charge in [0.25, 0.3) is 0 Å². The Kier molecular flexibility index (Phi) is 14.6. The molecule has 0 aliphatic rings. The predicted octanol–water partition coefficient (Wildman–Crippen LogP) is 0.0711. The molecule has 0 spiro atoms. The van der Waals surface area contributed by atoms with Gasteiger partial charge in [-0.05, 0) is 19.9 Å². The predicted molar refractivity (Wildman–Crippen MR) is 44.7 cm³/mol. The highest BCUT2D eigenvalue weighted by molar-refractivity contribution is 4.40. The van der Waals surface area contributed by atoms with Crippen LogP contribution in [0.4, 0.5) is 0 Å². The summed E-state index contributed by atoms with van der Waals surface area (Å²) in [5.74, 6) is 0. The monoisotopic (exact) mass is 148 g/mol. The van der Waals surface area contributed by atoms with E-state index >= 15 is 0 Å². The normalized spacial score (nSPS) is 11.7. The topological polar surface area (TPSA) is 72.3 Å². The molecule has 0 aromatic carbocycles. The lowest BCUT2D eigenvalue weighted by Gasteiger charge is -1.91. The molecule has 0 radical (unpaired) electrons.